The number of nitrogens with two attached hydrogens (primary N) is 1. The second-order valence-corrected chi connectivity index (χ2v) is 3.41. The van der Waals surface area contributed by atoms with Crippen LogP contribution < -0.4 is 15.8 Å². The molecule has 0 aliphatic rings. The van der Waals surface area contributed by atoms with E-state index in [0.717, 1.165) is 0 Å². The molecule has 0 spiro atoms. The molecule has 4 N–H and O–H groups in total. The summed E-state index contributed by atoms with van der Waals surface area (Å²) >= 11 is 0. The Hall–Kier alpha value is -2.08. The Morgan fingerprint density at radius 2 is 2.12 bits per heavy atom. The number of aliphatic hydroxyl groups is 1. The van der Waals surface area contributed by atoms with Crippen molar-refractivity contribution in [2.75, 3.05) is 6.61 Å². The lowest BCUT2D eigenvalue weighted by Gasteiger charge is -2.12. The molecule has 1 atom stereocenters. The number of hydrogen-bond donors (Lipinski definition) is 3. The van der Waals surface area contributed by atoms with Gasteiger partial charge in [0.2, 0.25) is 0 Å². The zero-order chi connectivity index (χ0) is 12.8. The summed E-state index contributed by atoms with van der Waals surface area (Å²) in [7, 11) is 0. The van der Waals surface area contributed by atoms with E-state index >= 15 is 0 Å². The van der Waals surface area contributed by atoms with Crippen molar-refractivity contribution in [3.63, 3.8) is 0 Å². The van der Waals surface area contributed by atoms with Gasteiger partial charge in [-0.3, -0.25) is 10.1 Å². The predicted molar refractivity (Wildman–Crippen MR) is 60.3 cm³/mol. The van der Waals surface area contributed by atoms with Crippen molar-refractivity contribution < 1.29 is 19.4 Å². The molecule has 92 valence electrons. The van der Waals surface area contributed by atoms with Crippen LogP contribution in [0.2, 0.25) is 0 Å². The molecule has 0 saturated heterocycles. The number of urea groups is 1. The highest BCUT2D eigenvalue weighted by Gasteiger charge is 2.10. The molecule has 0 bridgehead atoms. The van der Waals surface area contributed by atoms with Crippen LogP contribution in [0.15, 0.2) is 24.3 Å². The van der Waals surface area contributed by atoms with Crippen molar-refractivity contribution in [3.05, 3.63) is 29.8 Å². The van der Waals surface area contributed by atoms with Gasteiger partial charge in [0.25, 0.3) is 5.91 Å². The molecule has 0 fully saturated rings. The molecular formula is C11H14N2O4. The van der Waals surface area contributed by atoms with Crippen LogP contribution in [0.4, 0.5) is 4.79 Å². The molecule has 1 rings (SSSR count). The lowest BCUT2D eigenvalue weighted by molar-refractivity contribution is -0.121. The van der Waals surface area contributed by atoms with Gasteiger partial charge in [0.15, 0.2) is 6.61 Å². The molecule has 1 aromatic rings. The molecule has 1 unspecified atom stereocenters. The summed E-state index contributed by atoms with van der Waals surface area (Å²) in [6.45, 7) is 1.25. The largest absolute Gasteiger partial charge is 0.483 e. The third-order valence-electron chi connectivity index (χ3n) is 1.99. The lowest BCUT2D eigenvalue weighted by Crippen LogP contribution is -2.38. The molecule has 0 heterocycles. The Kier molecular flexibility index (Phi) is 4.47. The van der Waals surface area contributed by atoms with Gasteiger partial charge in [-0.15, -0.1) is 0 Å². The maximum atomic E-state index is 11.1. The fourth-order valence-electron chi connectivity index (χ4n) is 1.27. The van der Waals surface area contributed by atoms with Crippen LogP contribution in [0, 0.1) is 0 Å². The van der Waals surface area contributed by atoms with Gasteiger partial charge in [-0.05, 0) is 13.0 Å². The zero-order valence-corrected chi connectivity index (χ0v) is 9.34. The van der Waals surface area contributed by atoms with E-state index in [1.807, 2.05) is 5.32 Å². The van der Waals surface area contributed by atoms with Gasteiger partial charge in [-0.2, -0.15) is 0 Å². The Labute approximate surface area is 98.4 Å². The van der Waals surface area contributed by atoms with Crippen molar-refractivity contribution in [1.29, 1.82) is 0 Å². The topological polar surface area (TPSA) is 102 Å². The van der Waals surface area contributed by atoms with Crippen molar-refractivity contribution >= 4 is 11.9 Å². The lowest BCUT2D eigenvalue weighted by atomic mass is 10.1. The molecule has 6 nitrogen and oxygen atoms in total. The molecule has 0 aromatic heterocycles. The fourth-order valence-corrected chi connectivity index (χ4v) is 1.27. The van der Waals surface area contributed by atoms with Crippen LogP contribution in [0.25, 0.3) is 0 Å². The third kappa shape index (κ3) is 4.12. The first-order valence-corrected chi connectivity index (χ1v) is 4.99. The molecule has 17 heavy (non-hydrogen) atoms. The van der Waals surface area contributed by atoms with Crippen LogP contribution in [-0.4, -0.2) is 23.7 Å². The van der Waals surface area contributed by atoms with E-state index in [4.69, 9.17) is 10.5 Å². The number of nitrogens with one attached hydrogen (secondary N) is 1. The highest BCUT2D eigenvalue weighted by molar-refractivity contribution is 5.94. The monoisotopic (exact) mass is 238 g/mol. The number of carbonyl (C=O) groups is 2. The van der Waals surface area contributed by atoms with E-state index in [1.54, 1.807) is 31.2 Å². The third-order valence-corrected chi connectivity index (χ3v) is 1.99. The minimum Gasteiger partial charge on any atom is -0.483 e. The molecular weight excluding hydrogens is 224 g/mol. The Morgan fingerprint density at radius 1 is 1.47 bits per heavy atom. The number of benzene rings is 1. The van der Waals surface area contributed by atoms with Gasteiger partial charge in [0.1, 0.15) is 5.75 Å². The number of carbonyl (C=O) groups excluding carboxylic acids is 2. The smallest absolute Gasteiger partial charge is 0.318 e. The standard InChI is InChI=1S/C11H14N2O4/c1-7(14)8-4-2-3-5-9(8)17-6-10(15)13-11(12)16/h2-5,7,14H,6H2,1H3,(H3,12,13,15,16). The van der Waals surface area contributed by atoms with Crippen LogP contribution in [0.3, 0.4) is 0 Å². The first-order chi connectivity index (χ1) is 8.00. The number of imide groups is 1. The minimum absolute atomic E-state index is 0.341. The molecule has 0 aliphatic carbocycles. The molecule has 0 radical (unpaired) electrons. The minimum atomic E-state index is -0.928. The van der Waals surface area contributed by atoms with Crippen LogP contribution in [0.5, 0.6) is 5.75 Å². The van der Waals surface area contributed by atoms with Crippen LogP contribution in [-0.2, 0) is 4.79 Å². The van der Waals surface area contributed by atoms with Crippen molar-refractivity contribution in [2.45, 2.75) is 13.0 Å². The molecule has 1 aromatic carbocycles. The van der Waals surface area contributed by atoms with E-state index in [1.165, 1.54) is 0 Å². The molecule has 6 heteroatoms. The van der Waals surface area contributed by atoms with E-state index in [0.29, 0.717) is 11.3 Å². The van der Waals surface area contributed by atoms with E-state index in [9.17, 15) is 14.7 Å². The Bertz CT molecular complexity index is 418. The normalized spacial score (nSPS) is 11.6. The first-order valence-electron chi connectivity index (χ1n) is 4.99. The summed E-state index contributed by atoms with van der Waals surface area (Å²) in [4.78, 5) is 21.5. The van der Waals surface area contributed by atoms with Crippen LogP contribution >= 0.6 is 0 Å². The summed E-state index contributed by atoms with van der Waals surface area (Å²) in [5.74, 6) is -0.250. The van der Waals surface area contributed by atoms with Gasteiger partial charge in [0.05, 0.1) is 6.10 Å². The number of ether oxygens (including phenoxy) is 1. The second kappa shape index (κ2) is 5.86. The molecule has 0 saturated carbocycles. The van der Waals surface area contributed by atoms with E-state index in [-0.39, 0.29) is 6.61 Å². The van der Waals surface area contributed by atoms with Gasteiger partial charge in [-0.1, -0.05) is 18.2 Å². The average Bonchev–Trinajstić information content (AvgIpc) is 2.25. The summed E-state index contributed by atoms with van der Waals surface area (Å²) in [5.41, 5.74) is 5.34. The Balaban J connectivity index is 2.63. The summed E-state index contributed by atoms with van der Waals surface area (Å²) in [5, 5.41) is 11.3. The van der Waals surface area contributed by atoms with Crippen molar-refractivity contribution in [1.82, 2.24) is 5.32 Å². The van der Waals surface area contributed by atoms with Crippen molar-refractivity contribution in [2.24, 2.45) is 5.73 Å². The number of aliphatic hydroxyl groups excluding tert-OH is 1. The second-order valence-electron chi connectivity index (χ2n) is 3.41. The summed E-state index contributed by atoms with van der Waals surface area (Å²) in [6, 6.07) is 5.85. The molecule has 3 amide bonds. The highest BCUT2D eigenvalue weighted by Crippen LogP contribution is 2.24. The van der Waals surface area contributed by atoms with E-state index in [2.05, 4.69) is 0 Å². The van der Waals surface area contributed by atoms with Crippen LogP contribution in [0.1, 0.15) is 18.6 Å². The summed E-state index contributed by atoms with van der Waals surface area (Å²) in [6.07, 6.45) is -0.703. The van der Waals surface area contributed by atoms with Gasteiger partial charge >= 0.3 is 6.03 Å². The number of amides is 3. The average molecular weight is 238 g/mol. The quantitative estimate of drug-likeness (QED) is 0.702. The number of para-hydroxylation sites is 1. The fraction of sp³-hybridized carbons (Fsp3) is 0.273. The predicted octanol–water partition coefficient (Wildman–Crippen LogP) is 0.314. The van der Waals surface area contributed by atoms with Gasteiger partial charge in [0, 0.05) is 5.56 Å². The maximum absolute atomic E-state index is 11.1. The summed E-state index contributed by atoms with van der Waals surface area (Å²) < 4.78 is 5.18. The number of hydrogen-bond acceptors (Lipinski definition) is 4. The highest BCUT2D eigenvalue weighted by atomic mass is 16.5. The SMILES string of the molecule is CC(O)c1ccccc1OCC(=O)NC(N)=O. The van der Waals surface area contributed by atoms with Crippen molar-refractivity contribution in [3.8, 4) is 5.75 Å². The van der Waals surface area contributed by atoms with E-state index < -0.39 is 18.0 Å². The van der Waals surface area contributed by atoms with Gasteiger partial charge < -0.3 is 15.6 Å². The zero-order valence-electron chi connectivity index (χ0n) is 9.34. The Morgan fingerprint density at radius 3 is 2.71 bits per heavy atom. The number of rotatable bonds is 4. The number of primary amides is 1. The molecule has 0 aliphatic heterocycles. The van der Waals surface area contributed by atoms with Gasteiger partial charge in [-0.25, -0.2) is 4.79 Å². The maximum Gasteiger partial charge on any atom is 0.318 e. The first kappa shape index (κ1) is 13.0.